The SMILES string of the molecule is CC(=O)Cc1ccc2c(c1S(=O)(=O)[O-])Oc1c(ccc(CC(C)=O)c1S(=O)(=O)[O-])C21OC(=O)c2cc(C(=O)N3CCNCC3)ccc21.[CH2-]CC[NH-].[Cl][Pt]. The molecular formula is C34H33ClN3O12PtS2-4. The molecule has 3 aliphatic rings. The van der Waals surface area contributed by atoms with E-state index in [9.17, 15) is 45.1 Å². The quantitative estimate of drug-likeness (QED) is 0.194. The molecule has 3 aliphatic heterocycles. The maximum atomic E-state index is 13.7. The van der Waals surface area contributed by atoms with Gasteiger partial charge in [0, 0.05) is 61.3 Å². The van der Waals surface area contributed by atoms with Crippen molar-refractivity contribution in [3.05, 3.63) is 94.1 Å². The molecule has 6 rings (SSSR count). The second-order valence-electron chi connectivity index (χ2n) is 12.1. The zero-order valence-electron chi connectivity index (χ0n) is 28.3. The second-order valence-corrected chi connectivity index (χ2v) is 14.7. The van der Waals surface area contributed by atoms with E-state index in [4.69, 9.17) is 15.2 Å². The third-order valence-corrected chi connectivity index (χ3v) is 10.3. The van der Waals surface area contributed by atoms with Crippen LogP contribution >= 0.6 is 9.42 Å². The number of ketones is 2. The summed E-state index contributed by atoms with van der Waals surface area (Å²) >= 11 is 1.61. The fourth-order valence-corrected chi connectivity index (χ4v) is 8.11. The van der Waals surface area contributed by atoms with Gasteiger partial charge in [-0.05, 0) is 37.1 Å². The van der Waals surface area contributed by atoms with Crippen molar-refractivity contribution < 1.29 is 73.4 Å². The molecule has 1 fully saturated rings. The molecule has 2 N–H and O–H groups in total. The third kappa shape index (κ3) is 8.42. The van der Waals surface area contributed by atoms with Crippen molar-refractivity contribution in [2.45, 2.75) is 48.5 Å². The van der Waals surface area contributed by atoms with Crippen LogP contribution in [0.5, 0.6) is 11.5 Å². The van der Waals surface area contributed by atoms with Crippen LogP contribution in [0.1, 0.15) is 68.8 Å². The summed E-state index contributed by atoms with van der Waals surface area (Å²) in [5.74, 6) is -3.89. The first-order valence-electron chi connectivity index (χ1n) is 15.8. The van der Waals surface area contributed by atoms with E-state index in [1.54, 1.807) is 23.7 Å². The van der Waals surface area contributed by atoms with Crippen molar-refractivity contribution in [1.29, 1.82) is 0 Å². The van der Waals surface area contributed by atoms with Gasteiger partial charge in [-0.2, -0.15) is 6.54 Å². The van der Waals surface area contributed by atoms with E-state index in [1.165, 1.54) is 42.5 Å². The summed E-state index contributed by atoms with van der Waals surface area (Å²) in [5, 5.41) is 3.14. The van der Waals surface area contributed by atoms with Crippen LogP contribution in [0.3, 0.4) is 0 Å². The van der Waals surface area contributed by atoms with E-state index < -0.39 is 77.5 Å². The molecule has 3 heterocycles. The topological polar surface area (TPSA) is 240 Å². The molecule has 0 aliphatic carbocycles. The van der Waals surface area contributed by atoms with Crippen molar-refractivity contribution in [3.63, 3.8) is 0 Å². The molecule has 0 radical (unpaired) electrons. The van der Waals surface area contributed by atoms with Gasteiger partial charge in [0.2, 0.25) is 0 Å². The number of benzene rings is 3. The van der Waals surface area contributed by atoms with E-state index >= 15 is 0 Å². The summed E-state index contributed by atoms with van der Waals surface area (Å²) in [6, 6.07) is 9.04. The Bertz CT molecular complexity index is 2090. The fraction of sp³-hybridized carbons (Fsp3) is 0.324. The number of carbonyl (C=O) groups excluding carboxylic acids is 4. The first-order valence-corrected chi connectivity index (χ1v) is 21.4. The van der Waals surface area contributed by atoms with Gasteiger partial charge in [0.1, 0.15) is 41.6 Å². The molecule has 0 atom stereocenters. The van der Waals surface area contributed by atoms with E-state index in [0.29, 0.717) is 32.7 Å². The molecule has 0 aromatic heterocycles. The average Bonchev–Trinajstić information content (AvgIpc) is 3.38. The Morgan fingerprint density at radius 1 is 0.887 bits per heavy atom. The van der Waals surface area contributed by atoms with Crippen LogP contribution in [0, 0.1) is 6.92 Å². The molecule has 1 spiro atoms. The number of piperazine rings is 1. The molecule has 3 aromatic rings. The Morgan fingerprint density at radius 2 is 1.34 bits per heavy atom. The Labute approximate surface area is 321 Å². The average molecular weight is 970 g/mol. The van der Waals surface area contributed by atoms with Crippen molar-refractivity contribution in [3.8, 4) is 11.5 Å². The number of ether oxygens (including phenoxy) is 2. The van der Waals surface area contributed by atoms with Crippen LogP contribution in [0.2, 0.25) is 0 Å². The molecule has 15 nitrogen and oxygen atoms in total. The van der Waals surface area contributed by atoms with Gasteiger partial charge in [0.15, 0.2) is 17.1 Å². The number of Topliss-reactive ketones (excluding diaryl/α,β-unsaturated/α-hetero) is 2. The number of hydrogen-bond donors (Lipinski definition) is 1. The maximum absolute atomic E-state index is 13.7. The molecule has 1 saturated heterocycles. The van der Waals surface area contributed by atoms with Crippen molar-refractivity contribution >= 4 is 53.1 Å². The van der Waals surface area contributed by atoms with Gasteiger partial charge in [-0.3, -0.25) is 14.4 Å². The number of nitrogens with one attached hydrogen (secondary N) is 2. The predicted molar refractivity (Wildman–Crippen MR) is 183 cm³/mol. The zero-order chi connectivity index (χ0) is 39.5. The normalized spacial score (nSPS) is 15.3. The molecule has 0 unspecified atom stereocenters. The summed E-state index contributed by atoms with van der Waals surface area (Å²) in [6.07, 6.45) is -0.323. The Morgan fingerprint density at radius 3 is 1.75 bits per heavy atom. The third-order valence-electron chi connectivity index (χ3n) is 8.42. The van der Waals surface area contributed by atoms with Crippen LogP contribution in [-0.4, -0.2) is 87.0 Å². The molecule has 0 saturated carbocycles. The first kappa shape index (κ1) is 42.2. The van der Waals surface area contributed by atoms with Crippen LogP contribution in [0.25, 0.3) is 5.73 Å². The van der Waals surface area contributed by atoms with Gasteiger partial charge < -0.3 is 41.5 Å². The number of carbonyl (C=O) groups is 4. The first-order chi connectivity index (χ1) is 24.9. The van der Waals surface area contributed by atoms with Gasteiger partial charge in [-0.15, -0.1) is 0 Å². The Balaban J connectivity index is 0.000000980. The van der Waals surface area contributed by atoms with E-state index in [-0.39, 0.29) is 44.9 Å². The van der Waals surface area contributed by atoms with Crippen molar-refractivity contribution in [2.24, 2.45) is 0 Å². The van der Waals surface area contributed by atoms with E-state index in [2.05, 4.69) is 21.7 Å². The monoisotopic (exact) mass is 969 g/mol. The molecular weight excluding hydrogens is 937 g/mol. The van der Waals surface area contributed by atoms with E-state index in [0.717, 1.165) is 20.3 Å². The predicted octanol–water partition coefficient (Wildman–Crippen LogP) is 3.32. The van der Waals surface area contributed by atoms with Crippen molar-refractivity contribution in [2.75, 3.05) is 32.7 Å². The van der Waals surface area contributed by atoms with Crippen LogP contribution < -0.4 is 10.1 Å². The minimum atomic E-state index is -5.47. The summed E-state index contributed by atoms with van der Waals surface area (Å²) in [6.45, 7) is 8.18. The number of nitrogens with zero attached hydrogens (tertiary/aromatic N) is 1. The standard InChI is InChI=1S/C31H28N2O12S2.C3H7N.ClH.Pt/c1-16(34)13-18-3-7-23-25(27(18)46(38,39)40)44-26-24(8-4-19(14-17(2)35)28(26)47(41,42)43)31(23)22-6-5-20(15-21(22)30(37)45-31)29(36)33-11-9-32-10-12-33;1-2-3-4;;/h3-8,15,32H,9-14H2,1-2H3,(H,38,39,40)(H,41,42,43);4H,1-3H2;1H;/q;-2;;+1/p-3. The Hall–Kier alpha value is -3.54. The number of fused-ring (bicyclic) bond motifs is 6. The molecule has 0 bridgehead atoms. The molecule has 289 valence electrons. The van der Waals surface area contributed by atoms with Gasteiger partial charge in [0.25, 0.3) is 5.91 Å². The number of rotatable bonds is 8. The summed E-state index contributed by atoms with van der Waals surface area (Å²) < 4.78 is 88.5. The molecule has 53 heavy (non-hydrogen) atoms. The van der Waals surface area contributed by atoms with Gasteiger partial charge >= 0.3 is 34.2 Å². The second kappa shape index (κ2) is 16.9. The van der Waals surface area contributed by atoms with Gasteiger partial charge in [-0.25, -0.2) is 28.1 Å². The molecule has 3 aromatic carbocycles. The number of halogens is 1. The summed E-state index contributed by atoms with van der Waals surface area (Å²) in [4.78, 5) is 50.6. The minimum absolute atomic E-state index is 0.0345. The van der Waals surface area contributed by atoms with Crippen LogP contribution in [0.4, 0.5) is 0 Å². The number of esters is 1. The van der Waals surface area contributed by atoms with Gasteiger partial charge in [-0.1, -0.05) is 30.3 Å². The summed E-state index contributed by atoms with van der Waals surface area (Å²) in [5.41, 5.74) is 3.27. The summed E-state index contributed by atoms with van der Waals surface area (Å²) in [7, 11) is -6.33. The number of hydrogen-bond acceptors (Lipinski definition) is 13. The van der Waals surface area contributed by atoms with E-state index in [1.807, 2.05) is 0 Å². The van der Waals surface area contributed by atoms with Crippen LogP contribution in [-0.2, 0) is 71.8 Å². The molecule has 19 heteroatoms. The fourth-order valence-electron chi connectivity index (χ4n) is 6.43. The number of amides is 1. The van der Waals surface area contributed by atoms with Crippen molar-refractivity contribution in [1.82, 2.24) is 10.2 Å². The van der Waals surface area contributed by atoms with Crippen LogP contribution in [0.15, 0.2) is 52.3 Å². The van der Waals surface area contributed by atoms with Gasteiger partial charge in [0.05, 0.1) is 5.56 Å². The Kier molecular flexibility index (Phi) is 13.4. The zero-order valence-corrected chi connectivity index (χ0v) is 32.9. The molecule has 1 amide bonds.